The highest BCUT2D eigenvalue weighted by atomic mass is 79.9. The summed E-state index contributed by atoms with van der Waals surface area (Å²) in [5.41, 5.74) is 3.17. The zero-order valence-electron chi connectivity index (χ0n) is 11.5. The SMILES string of the molecule is Cc1cc(Oc2cc(C)c(Br)c(C)c2)ccc1C(=O)O. The Hall–Kier alpha value is -1.81. The van der Waals surface area contributed by atoms with Crippen LogP contribution in [-0.4, -0.2) is 11.1 Å². The highest BCUT2D eigenvalue weighted by Gasteiger charge is 2.09. The van der Waals surface area contributed by atoms with E-state index < -0.39 is 5.97 Å². The van der Waals surface area contributed by atoms with Crippen LogP contribution in [0.5, 0.6) is 11.5 Å². The summed E-state index contributed by atoms with van der Waals surface area (Å²) in [7, 11) is 0. The number of hydrogen-bond acceptors (Lipinski definition) is 2. The fourth-order valence-corrected chi connectivity index (χ4v) is 2.27. The van der Waals surface area contributed by atoms with Gasteiger partial charge < -0.3 is 9.84 Å². The molecule has 20 heavy (non-hydrogen) atoms. The molecule has 0 saturated heterocycles. The smallest absolute Gasteiger partial charge is 0.335 e. The van der Waals surface area contributed by atoms with E-state index in [0.29, 0.717) is 16.9 Å². The lowest BCUT2D eigenvalue weighted by Gasteiger charge is -2.11. The maximum Gasteiger partial charge on any atom is 0.335 e. The van der Waals surface area contributed by atoms with Gasteiger partial charge in [-0.25, -0.2) is 4.79 Å². The van der Waals surface area contributed by atoms with Crippen LogP contribution >= 0.6 is 15.9 Å². The van der Waals surface area contributed by atoms with Crippen molar-refractivity contribution >= 4 is 21.9 Å². The van der Waals surface area contributed by atoms with E-state index in [1.807, 2.05) is 26.0 Å². The molecule has 0 unspecified atom stereocenters. The molecule has 0 radical (unpaired) electrons. The summed E-state index contributed by atoms with van der Waals surface area (Å²) in [6.45, 7) is 5.76. The Bertz CT molecular complexity index is 654. The third-order valence-electron chi connectivity index (χ3n) is 3.07. The van der Waals surface area contributed by atoms with Crippen LogP contribution in [0.15, 0.2) is 34.8 Å². The minimum Gasteiger partial charge on any atom is -0.478 e. The molecule has 0 aliphatic carbocycles. The lowest BCUT2D eigenvalue weighted by molar-refractivity contribution is 0.0696. The monoisotopic (exact) mass is 334 g/mol. The third-order valence-corrected chi connectivity index (χ3v) is 4.32. The standard InChI is InChI=1S/C16H15BrO3/c1-9-6-12(4-5-14(9)16(18)19)20-13-7-10(2)15(17)11(3)8-13/h4-8H,1-3H3,(H,18,19). The Balaban J connectivity index is 2.31. The number of hydrogen-bond donors (Lipinski definition) is 1. The molecule has 1 N–H and O–H groups in total. The van der Waals surface area contributed by atoms with Gasteiger partial charge in [0.25, 0.3) is 0 Å². The number of carbonyl (C=O) groups is 1. The summed E-state index contributed by atoms with van der Waals surface area (Å²) >= 11 is 3.51. The Kier molecular flexibility index (Phi) is 4.14. The number of rotatable bonds is 3. The van der Waals surface area contributed by atoms with Crippen molar-refractivity contribution in [1.29, 1.82) is 0 Å². The predicted molar refractivity (Wildman–Crippen MR) is 81.8 cm³/mol. The molecule has 0 amide bonds. The van der Waals surface area contributed by atoms with Gasteiger partial charge in [0.2, 0.25) is 0 Å². The number of carboxylic acids is 1. The minimum absolute atomic E-state index is 0.292. The van der Waals surface area contributed by atoms with Crippen molar-refractivity contribution in [2.75, 3.05) is 0 Å². The molecule has 2 rings (SSSR count). The second-order valence-electron chi connectivity index (χ2n) is 4.75. The van der Waals surface area contributed by atoms with Crippen LogP contribution in [-0.2, 0) is 0 Å². The number of ether oxygens (including phenoxy) is 1. The van der Waals surface area contributed by atoms with E-state index in [1.54, 1.807) is 25.1 Å². The van der Waals surface area contributed by atoms with Crippen LogP contribution in [0.25, 0.3) is 0 Å². The maximum atomic E-state index is 11.0. The largest absolute Gasteiger partial charge is 0.478 e. The first-order valence-corrected chi connectivity index (χ1v) is 6.96. The Labute approximate surface area is 126 Å². The van der Waals surface area contributed by atoms with Gasteiger partial charge in [0, 0.05) is 4.47 Å². The van der Waals surface area contributed by atoms with Gasteiger partial charge in [0.05, 0.1) is 5.56 Å². The van der Waals surface area contributed by atoms with Crippen LogP contribution in [0.4, 0.5) is 0 Å². The van der Waals surface area contributed by atoms with Crippen molar-refractivity contribution in [2.45, 2.75) is 20.8 Å². The predicted octanol–water partition coefficient (Wildman–Crippen LogP) is 4.86. The van der Waals surface area contributed by atoms with Crippen molar-refractivity contribution in [3.8, 4) is 11.5 Å². The van der Waals surface area contributed by atoms with Crippen molar-refractivity contribution in [1.82, 2.24) is 0 Å². The summed E-state index contributed by atoms with van der Waals surface area (Å²) in [6, 6.07) is 8.85. The van der Waals surface area contributed by atoms with Crippen molar-refractivity contribution < 1.29 is 14.6 Å². The van der Waals surface area contributed by atoms with Crippen LogP contribution < -0.4 is 4.74 Å². The van der Waals surface area contributed by atoms with E-state index in [1.165, 1.54) is 0 Å². The Morgan fingerprint density at radius 1 is 1.00 bits per heavy atom. The van der Waals surface area contributed by atoms with Crippen LogP contribution in [0.3, 0.4) is 0 Å². The number of aryl methyl sites for hydroxylation is 3. The first kappa shape index (κ1) is 14.6. The van der Waals surface area contributed by atoms with E-state index in [4.69, 9.17) is 9.84 Å². The average molecular weight is 335 g/mol. The lowest BCUT2D eigenvalue weighted by atomic mass is 10.1. The van der Waals surface area contributed by atoms with Gasteiger partial charge in [-0.3, -0.25) is 0 Å². The quantitative estimate of drug-likeness (QED) is 0.871. The van der Waals surface area contributed by atoms with Gasteiger partial charge in [-0.15, -0.1) is 0 Å². The summed E-state index contributed by atoms with van der Waals surface area (Å²) in [4.78, 5) is 11.0. The molecule has 0 bridgehead atoms. The fourth-order valence-electron chi connectivity index (χ4n) is 2.04. The molecule has 0 aromatic heterocycles. The molecule has 0 aliphatic heterocycles. The summed E-state index contributed by atoms with van der Waals surface area (Å²) in [5, 5.41) is 9.00. The Morgan fingerprint density at radius 2 is 1.55 bits per heavy atom. The molecule has 2 aromatic carbocycles. The molecular formula is C16H15BrO3. The van der Waals surface area contributed by atoms with Crippen molar-refractivity contribution in [2.24, 2.45) is 0 Å². The van der Waals surface area contributed by atoms with Gasteiger partial charge in [0.15, 0.2) is 0 Å². The highest BCUT2D eigenvalue weighted by Crippen LogP contribution is 2.30. The summed E-state index contributed by atoms with van der Waals surface area (Å²) in [6.07, 6.45) is 0. The van der Waals surface area contributed by atoms with E-state index in [0.717, 1.165) is 21.3 Å². The molecule has 0 saturated carbocycles. The average Bonchev–Trinajstić information content (AvgIpc) is 2.35. The molecule has 0 heterocycles. The van der Waals surface area contributed by atoms with Gasteiger partial charge >= 0.3 is 5.97 Å². The van der Waals surface area contributed by atoms with Crippen LogP contribution in [0.1, 0.15) is 27.0 Å². The van der Waals surface area contributed by atoms with Gasteiger partial charge in [-0.1, -0.05) is 15.9 Å². The normalized spacial score (nSPS) is 10.4. The lowest BCUT2D eigenvalue weighted by Crippen LogP contribution is -1.99. The first-order chi connectivity index (χ1) is 9.38. The molecule has 4 heteroatoms. The number of benzene rings is 2. The number of halogens is 1. The zero-order valence-corrected chi connectivity index (χ0v) is 13.1. The minimum atomic E-state index is -0.926. The first-order valence-electron chi connectivity index (χ1n) is 6.17. The van der Waals surface area contributed by atoms with Gasteiger partial charge in [-0.05, 0) is 67.8 Å². The van der Waals surface area contributed by atoms with E-state index in [2.05, 4.69) is 15.9 Å². The molecule has 0 atom stereocenters. The third kappa shape index (κ3) is 3.02. The number of carboxylic acid groups (broad SMARTS) is 1. The topological polar surface area (TPSA) is 46.5 Å². The molecule has 2 aromatic rings. The highest BCUT2D eigenvalue weighted by molar-refractivity contribution is 9.10. The molecule has 3 nitrogen and oxygen atoms in total. The van der Waals surface area contributed by atoms with E-state index in [9.17, 15) is 4.79 Å². The molecule has 0 spiro atoms. The fraction of sp³-hybridized carbons (Fsp3) is 0.188. The van der Waals surface area contributed by atoms with Crippen molar-refractivity contribution in [3.05, 3.63) is 57.1 Å². The van der Waals surface area contributed by atoms with Crippen molar-refractivity contribution in [3.63, 3.8) is 0 Å². The van der Waals surface area contributed by atoms with Gasteiger partial charge in [-0.2, -0.15) is 0 Å². The van der Waals surface area contributed by atoms with Crippen LogP contribution in [0, 0.1) is 20.8 Å². The zero-order chi connectivity index (χ0) is 14.9. The summed E-state index contributed by atoms with van der Waals surface area (Å²) in [5.74, 6) is 0.448. The molecule has 0 fully saturated rings. The Morgan fingerprint density at radius 3 is 2.05 bits per heavy atom. The number of aromatic carboxylic acids is 1. The molecule has 104 valence electrons. The summed E-state index contributed by atoms with van der Waals surface area (Å²) < 4.78 is 6.87. The maximum absolute atomic E-state index is 11.0. The molecule has 0 aliphatic rings. The van der Waals surface area contributed by atoms with E-state index >= 15 is 0 Å². The second-order valence-corrected chi connectivity index (χ2v) is 5.55. The van der Waals surface area contributed by atoms with E-state index in [-0.39, 0.29) is 0 Å². The molecular weight excluding hydrogens is 320 g/mol. The second kappa shape index (κ2) is 5.67. The van der Waals surface area contributed by atoms with Gasteiger partial charge in [0.1, 0.15) is 11.5 Å². The van der Waals surface area contributed by atoms with Crippen LogP contribution in [0.2, 0.25) is 0 Å².